The second-order valence-corrected chi connectivity index (χ2v) is 11.2. The first-order valence-electron chi connectivity index (χ1n) is 10.6. The third kappa shape index (κ3) is 3.51. The number of nitrogens with zero attached hydrogens (tertiary/aromatic N) is 1. The summed E-state index contributed by atoms with van der Waals surface area (Å²) >= 11 is 3.53. The molecule has 10 heteroatoms. The SMILES string of the molecule is COc1cc(OC2COC2)ccc1S(=O)(=O)Nc1noc2c1CC1(CC1)c1ccc(Br)cc1-2. The number of benzene rings is 2. The smallest absolute Gasteiger partial charge is 0.266 e. The molecule has 6 rings (SSSR count). The lowest BCUT2D eigenvalue weighted by Crippen LogP contribution is -2.38. The standard InChI is InChI=1S/C23H21BrN2O6S/c1-29-19-9-14(31-15-11-30-12-15)3-5-20(19)33(27,28)26-22-17-10-23(6-7-23)18-4-2-13(24)8-16(18)21(17)32-25-22/h2-5,8-9,15H,6-7,10-12H2,1H3,(H,25,26). The van der Waals surface area contributed by atoms with Gasteiger partial charge in [-0.05, 0) is 49.1 Å². The normalized spacial score (nSPS) is 18.2. The summed E-state index contributed by atoms with van der Waals surface area (Å²) in [7, 11) is -2.56. The molecule has 8 nitrogen and oxygen atoms in total. The molecule has 2 aromatic carbocycles. The number of halogens is 1. The van der Waals surface area contributed by atoms with E-state index < -0.39 is 10.0 Å². The zero-order valence-electron chi connectivity index (χ0n) is 17.8. The molecule has 33 heavy (non-hydrogen) atoms. The van der Waals surface area contributed by atoms with Crippen molar-refractivity contribution in [1.82, 2.24) is 5.16 Å². The molecule has 0 atom stereocenters. The highest BCUT2D eigenvalue weighted by molar-refractivity contribution is 9.10. The molecule has 2 aliphatic carbocycles. The molecule has 0 unspecified atom stereocenters. The number of aromatic nitrogens is 1. The van der Waals surface area contributed by atoms with Crippen LogP contribution < -0.4 is 14.2 Å². The Morgan fingerprint density at radius 1 is 1.18 bits per heavy atom. The van der Waals surface area contributed by atoms with Gasteiger partial charge in [0.05, 0.1) is 20.3 Å². The van der Waals surface area contributed by atoms with E-state index in [0.717, 1.165) is 28.4 Å². The van der Waals surface area contributed by atoms with Crippen LogP contribution in [0.3, 0.4) is 0 Å². The van der Waals surface area contributed by atoms with Gasteiger partial charge in [0.25, 0.3) is 10.0 Å². The molecular weight excluding hydrogens is 512 g/mol. The first-order chi connectivity index (χ1) is 15.9. The predicted octanol–water partition coefficient (Wildman–Crippen LogP) is 4.28. The minimum absolute atomic E-state index is 0.000881. The van der Waals surface area contributed by atoms with Gasteiger partial charge in [-0.1, -0.05) is 27.2 Å². The molecule has 2 fully saturated rings. The highest BCUT2D eigenvalue weighted by Gasteiger charge is 2.50. The largest absolute Gasteiger partial charge is 0.495 e. The summed E-state index contributed by atoms with van der Waals surface area (Å²) in [6.07, 6.45) is 2.76. The molecule has 1 spiro atoms. The van der Waals surface area contributed by atoms with Crippen LogP contribution in [0.15, 0.2) is 50.3 Å². The maximum atomic E-state index is 13.3. The number of sulfonamides is 1. The van der Waals surface area contributed by atoms with Crippen LogP contribution in [-0.2, 0) is 26.6 Å². The quantitative estimate of drug-likeness (QED) is 0.505. The molecule has 1 N–H and O–H groups in total. The van der Waals surface area contributed by atoms with Crippen molar-refractivity contribution >= 4 is 31.8 Å². The number of ether oxygens (including phenoxy) is 3. The number of methoxy groups -OCH3 is 1. The van der Waals surface area contributed by atoms with E-state index in [2.05, 4.69) is 31.9 Å². The molecule has 1 aliphatic heterocycles. The van der Waals surface area contributed by atoms with Crippen molar-refractivity contribution in [2.75, 3.05) is 25.0 Å². The van der Waals surface area contributed by atoms with Gasteiger partial charge < -0.3 is 18.7 Å². The topological polar surface area (TPSA) is 99.9 Å². The summed E-state index contributed by atoms with van der Waals surface area (Å²) in [5.41, 5.74) is 3.00. The Hall–Kier alpha value is -2.56. The van der Waals surface area contributed by atoms with Gasteiger partial charge in [-0.2, -0.15) is 0 Å². The van der Waals surface area contributed by atoms with Gasteiger partial charge in [0.2, 0.25) is 0 Å². The molecular formula is C23H21BrN2O6S. The lowest BCUT2D eigenvalue weighted by atomic mass is 9.79. The fourth-order valence-electron chi connectivity index (χ4n) is 4.56. The molecule has 3 aliphatic rings. The first kappa shape index (κ1) is 21.0. The maximum absolute atomic E-state index is 13.3. The van der Waals surface area contributed by atoms with Crippen molar-refractivity contribution in [3.8, 4) is 22.8 Å². The Balaban J connectivity index is 1.33. The molecule has 0 bridgehead atoms. The average Bonchev–Trinajstić information content (AvgIpc) is 3.43. The predicted molar refractivity (Wildman–Crippen MR) is 123 cm³/mol. The number of hydrogen-bond donors (Lipinski definition) is 1. The fraction of sp³-hybridized carbons (Fsp3) is 0.348. The molecule has 1 aromatic heterocycles. The number of rotatable bonds is 6. The molecule has 3 aromatic rings. The van der Waals surface area contributed by atoms with Crippen LogP contribution in [0.4, 0.5) is 5.82 Å². The third-order valence-electron chi connectivity index (χ3n) is 6.52. The summed E-state index contributed by atoms with van der Waals surface area (Å²) in [6.45, 7) is 1.03. The van der Waals surface area contributed by atoms with Crippen molar-refractivity contribution in [3.63, 3.8) is 0 Å². The Labute approximate surface area is 199 Å². The first-order valence-corrected chi connectivity index (χ1v) is 12.9. The van der Waals surface area contributed by atoms with Gasteiger partial charge in [-0.15, -0.1) is 0 Å². The van der Waals surface area contributed by atoms with Crippen molar-refractivity contribution in [2.24, 2.45) is 0 Å². The van der Waals surface area contributed by atoms with Crippen LogP contribution in [0.25, 0.3) is 11.3 Å². The Bertz CT molecular complexity index is 1360. The van der Waals surface area contributed by atoms with Crippen LogP contribution in [0.1, 0.15) is 24.0 Å². The molecule has 2 heterocycles. The summed E-state index contributed by atoms with van der Waals surface area (Å²) in [6, 6.07) is 10.8. The van der Waals surface area contributed by atoms with Crippen LogP contribution in [0.2, 0.25) is 0 Å². The van der Waals surface area contributed by atoms with Gasteiger partial charge in [0.15, 0.2) is 11.6 Å². The molecule has 172 valence electrons. The lowest BCUT2D eigenvalue weighted by molar-refractivity contribution is -0.0797. The van der Waals surface area contributed by atoms with Crippen molar-refractivity contribution in [2.45, 2.75) is 35.7 Å². The zero-order chi connectivity index (χ0) is 22.8. The monoisotopic (exact) mass is 532 g/mol. The molecule has 0 amide bonds. The van der Waals surface area contributed by atoms with Crippen LogP contribution >= 0.6 is 15.9 Å². The average molecular weight is 533 g/mol. The van der Waals surface area contributed by atoms with E-state index in [0.29, 0.717) is 31.1 Å². The number of nitrogens with one attached hydrogen (secondary N) is 1. The van der Waals surface area contributed by atoms with E-state index in [1.807, 2.05) is 12.1 Å². The summed E-state index contributed by atoms with van der Waals surface area (Å²) < 4.78 is 52.0. The number of anilines is 1. The number of hydrogen-bond acceptors (Lipinski definition) is 7. The Morgan fingerprint density at radius 2 is 2.00 bits per heavy atom. The highest BCUT2D eigenvalue weighted by Crippen LogP contribution is 2.58. The van der Waals surface area contributed by atoms with Crippen LogP contribution in [0, 0.1) is 0 Å². The van der Waals surface area contributed by atoms with Gasteiger partial charge in [0, 0.05) is 27.1 Å². The van der Waals surface area contributed by atoms with E-state index >= 15 is 0 Å². The molecule has 1 saturated carbocycles. The van der Waals surface area contributed by atoms with E-state index in [1.165, 1.54) is 18.7 Å². The molecule has 0 radical (unpaired) electrons. The molecule has 1 saturated heterocycles. The zero-order valence-corrected chi connectivity index (χ0v) is 20.2. The van der Waals surface area contributed by atoms with E-state index in [1.54, 1.807) is 12.1 Å². The van der Waals surface area contributed by atoms with Crippen LogP contribution in [0.5, 0.6) is 11.5 Å². The summed E-state index contributed by atoms with van der Waals surface area (Å²) in [5.74, 6) is 1.54. The number of fused-ring (bicyclic) bond motifs is 4. The van der Waals surface area contributed by atoms with Gasteiger partial charge in [0.1, 0.15) is 22.5 Å². The van der Waals surface area contributed by atoms with Crippen molar-refractivity contribution in [1.29, 1.82) is 0 Å². The van der Waals surface area contributed by atoms with Crippen molar-refractivity contribution in [3.05, 3.63) is 52.0 Å². The van der Waals surface area contributed by atoms with Gasteiger partial charge in [-0.25, -0.2) is 8.42 Å². The second kappa shape index (κ2) is 7.48. The minimum atomic E-state index is -3.99. The lowest BCUT2D eigenvalue weighted by Gasteiger charge is -2.27. The second-order valence-electron chi connectivity index (χ2n) is 8.68. The van der Waals surface area contributed by atoms with E-state index in [9.17, 15) is 8.42 Å². The van der Waals surface area contributed by atoms with E-state index in [-0.39, 0.29) is 28.0 Å². The van der Waals surface area contributed by atoms with E-state index in [4.69, 9.17) is 18.7 Å². The fourth-order valence-corrected chi connectivity index (χ4v) is 6.10. The summed E-state index contributed by atoms with van der Waals surface area (Å²) in [4.78, 5) is -0.000881. The minimum Gasteiger partial charge on any atom is -0.495 e. The van der Waals surface area contributed by atoms with Gasteiger partial charge in [-0.3, -0.25) is 4.72 Å². The van der Waals surface area contributed by atoms with Crippen molar-refractivity contribution < 1.29 is 27.2 Å². The van der Waals surface area contributed by atoms with Gasteiger partial charge >= 0.3 is 0 Å². The highest BCUT2D eigenvalue weighted by atomic mass is 79.9. The maximum Gasteiger partial charge on any atom is 0.266 e. The Morgan fingerprint density at radius 3 is 2.70 bits per heavy atom. The Kier molecular flexibility index (Phi) is 4.76. The third-order valence-corrected chi connectivity index (χ3v) is 8.39. The summed E-state index contributed by atoms with van der Waals surface area (Å²) in [5, 5.41) is 4.10. The van der Waals surface area contributed by atoms with Crippen LogP contribution in [-0.4, -0.2) is 40.0 Å².